The lowest BCUT2D eigenvalue weighted by atomic mass is 10.0. The largest absolute Gasteiger partial charge is 0.479 e. The highest BCUT2D eigenvalue weighted by atomic mass is 16.4. The van der Waals surface area contributed by atoms with E-state index in [1.54, 1.807) is 0 Å². The summed E-state index contributed by atoms with van der Waals surface area (Å²) in [5.74, 6) is -2.19. The van der Waals surface area contributed by atoms with Gasteiger partial charge in [-0.25, -0.2) is 9.59 Å². The van der Waals surface area contributed by atoms with Crippen molar-refractivity contribution >= 4 is 11.9 Å². The Balaban J connectivity index is 0. The molecule has 0 rings (SSSR count). The van der Waals surface area contributed by atoms with E-state index >= 15 is 0 Å². The van der Waals surface area contributed by atoms with E-state index in [1.807, 2.05) is 0 Å². The molecule has 4 N–H and O–H groups in total. The summed E-state index contributed by atoms with van der Waals surface area (Å²) >= 11 is 0. The summed E-state index contributed by atoms with van der Waals surface area (Å²) in [4.78, 5) is 20.8. The van der Waals surface area contributed by atoms with E-state index in [9.17, 15) is 9.59 Å². The number of hydrogen-bond acceptors (Lipinski definition) is 4. The van der Waals surface area contributed by atoms with Crippen molar-refractivity contribution in [1.82, 2.24) is 0 Å². The molecular weight excluding hydrogens is 504 g/mol. The van der Waals surface area contributed by atoms with Crippen LogP contribution in [-0.2, 0) is 9.59 Å². The predicted molar refractivity (Wildman–Crippen MR) is 168 cm³/mol. The maximum atomic E-state index is 10.4. The van der Waals surface area contributed by atoms with Gasteiger partial charge in [-0.3, -0.25) is 0 Å². The number of aliphatic hydroxyl groups excluding tert-OH is 2. The Morgan fingerprint density at radius 3 is 0.725 bits per heavy atom. The van der Waals surface area contributed by atoms with E-state index in [4.69, 9.17) is 20.4 Å². The van der Waals surface area contributed by atoms with Crippen molar-refractivity contribution in [2.24, 2.45) is 0 Å². The zero-order chi connectivity index (χ0) is 30.1. The lowest BCUT2D eigenvalue weighted by molar-refractivity contribution is -0.147. The zero-order valence-corrected chi connectivity index (χ0v) is 26.6. The zero-order valence-electron chi connectivity index (χ0n) is 26.6. The van der Waals surface area contributed by atoms with Crippen molar-refractivity contribution in [3.05, 3.63) is 0 Å². The van der Waals surface area contributed by atoms with E-state index < -0.39 is 24.1 Å². The Morgan fingerprint density at radius 2 is 0.550 bits per heavy atom. The molecule has 6 nitrogen and oxygen atoms in total. The van der Waals surface area contributed by atoms with Gasteiger partial charge in [-0.05, 0) is 12.8 Å². The molecule has 0 aliphatic heterocycles. The number of carbonyl (C=O) groups is 2. The van der Waals surface area contributed by atoms with Gasteiger partial charge in [0.05, 0.1) is 0 Å². The van der Waals surface area contributed by atoms with E-state index in [0.717, 1.165) is 25.7 Å². The van der Waals surface area contributed by atoms with Gasteiger partial charge >= 0.3 is 11.9 Å². The molecule has 0 radical (unpaired) electrons. The summed E-state index contributed by atoms with van der Waals surface area (Å²) < 4.78 is 0. The average molecular weight is 573 g/mol. The molecule has 0 aromatic rings. The molecule has 2 atom stereocenters. The second-order valence-electron chi connectivity index (χ2n) is 11.8. The van der Waals surface area contributed by atoms with Crippen molar-refractivity contribution in [3.8, 4) is 0 Å². The highest BCUT2D eigenvalue weighted by Crippen LogP contribution is 2.14. The van der Waals surface area contributed by atoms with Gasteiger partial charge in [0.25, 0.3) is 0 Å². The lowest BCUT2D eigenvalue weighted by Crippen LogP contribution is -2.18. The summed E-state index contributed by atoms with van der Waals surface area (Å²) in [6.45, 7) is 4.50. The van der Waals surface area contributed by atoms with Gasteiger partial charge in [0, 0.05) is 0 Å². The van der Waals surface area contributed by atoms with Crippen LogP contribution >= 0.6 is 0 Å². The maximum absolute atomic E-state index is 10.4. The second-order valence-corrected chi connectivity index (χ2v) is 11.8. The molecule has 0 fully saturated rings. The first-order valence-corrected chi connectivity index (χ1v) is 17.2. The SMILES string of the molecule is CCCCCCCCCCCCCCC(O)C(=O)O.CCCCCCCCCCCCCCCCC(O)C(=O)O. The summed E-state index contributed by atoms with van der Waals surface area (Å²) in [6, 6.07) is 0. The molecule has 0 bridgehead atoms. The molecule has 2 unspecified atom stereocenters. The van der Waals surface area contributed by atoms with Crippen LogP contribution in [0, 0.1) is 0 Å². The standard InChI is InChI=1S/C18H36O3.C16H32O3/c1-2-3-4-5-6-7-8-9-10-11-12-13-14-15-16-17(19)18(20)21;1-2-3-4-5-6-7-8-9-10-11-12-13-14-15(17)16(18)19/h17,19H,2-16H2,1H3,(H,20,21);15,17H,2-14H2,1H3,(H,18,19). The molecule has 0 aromatic heterocycles. The van der Waals surface area contributed by atoms with Crippen LogP contribution < -0.4 is 0 Å². The smallest absolute Gasteiger partial charge is 0.332 e. The highest BCUT2D eigenvalue weighted by Gasteiger charge is 2.12. The van der Waals surface area contributed by atoms with Crippen LogP contribution in [0.3, 0.4) is 0 Å². The fraction of sp³-hybridized carbons (Fsp3) is 0.941. The van der Waals surface area contributed by atoms with E-state index in [1.165, 1.54) is 141 Å². The minimum absolute atomic E-state index is 0.396. The second kappa shape index (κ2) is 34.1. The van der Waals surface area contributed by atoms with Crippen molar-refractivity contribution in [2.75, 3.05) is 0 Å². The first-order valence-electron chi connectivity index (χ1n) is 17.2. The Labute approximate surface area is 247 Å². The summed E-state index contributed by atoms with van der Waals surface area (Å²) in [5, 5.41) is 35.3. The number of hydrogen-bond donors (Lipinski definition) is 4. The number of aliphatic hydroxyl groups is 2. The maximum Gasteiger partial charge on any atom is 0.332 e. The summed E-state index contributed by atoms with van der Waals surface area (Å²) in [5.41, 5.74) is 0. The van der Waals surface area contributed by atoms with Gasteiger partial charge in [0.1, 0.15) is 0 Å². The molecular formula is C34H68O6. The summed E-state index contributed by atoms with van der Waals surface area (Å²) in [6.07, 6.45) is 31.6. The van der Waals surface area contributed by atoms with Crippen LogP contribution in [0.15, 0.2) is 0 Å². The van der Waals surface area contributed by atoms with Crippen LogP contribution in [0.2, 0.25) is 0 Å². The van der Waals surface area contributed by atoms with Crippen molar-refractivity contribution < 1.29 is 30.0 Å². The first kappa shape index (κ1) is 41.0. The summed E-state index contributed by atoms with van der Waals surface area (Å²) in [7, 11) is 0. The molecule has 40 heavy (non-hydrogen) atoms. The first-order chi connectivity index (χ1) is 19.4. The Bertz CT molecular complexity index is 525. The highest BCUT2D eigenvalue weighted by molar-refractivity contribution is 5.72. The number of aliphatic carboxylic acids is 2. The predicted octanol–water partition coefficient (Wildman–Crippen LogP) is 9.83. The molecule has 240 valence electrons. The number of carboxylic acid groups (broad SMARTS) is 2. The van der Waals surface area contributed by atoms with Crippen LogP contribution in [0.25, 0.3) is 0 Å². The molecule has 0 amide bonds. The minimum atomic E-state index is -1.16. The van der Waals surface area contributed by atoms with Gasteiger partial charge in [-0.15, -0.1) is 0 Å². The normalized spacial score (nSPS) is 12.5. The van der Waals surface area contributed by atoms with Gasteiger partial charge in [-0.2, -0.15) is 0 Å². The monoisotopic (exact) mass is 573 g/mol. The minimum Gasteiger partial charge on any atom is -0.479 e. The van der Waals surface area contributed by atoms with Crippen molar-refractivity contribution in [3.63, 3.8) is 0 Å². The topological polar surface area (TPSA) is 115 Å². The third-order valence-corrected chi connectivity index (χ3v) is 7.73. The number of carboxylic acids is 2. The fourth-order valence-corrected chi connectivity index (χ4v) is 4.96. The van der Waals surface area contributed by atoms with Gasteiger partial charge in [0.15, 0.2) is 12.2 Å². The molecule has 6 heteroatoms. The van der Waals surface area contributed by atoms with Gasteiger partial charge < -0.3 is 20.4 Å². The molecule has 0 spiro atoms. The van der Waals surface area contributed by atoms with Crippen LogP contribution in [0.1, 0.15) is 194 Å². The van der Waals surface area contributed by atoms with Crippen LogP contribution in [0.4, 0.5) is 0 Å². The molecule has 0 saturated carbocycles. The number of rotatable bonds is 30. The van der Waals surface area contributed by atoms with E-state index in [0.29, 0.717) is 12.8 Å². The van der Waals surface area contributed by atoms with Crippen molar-refractivity contribution in [1.29, 1.82) is 0 Å². The molecule has 0 aromatic carbocycles. The average Bonchev–Trinajstić information content (AvgIpc) is 2.93. The Morgan fingerprint density at radius 1 is 0.375 bits per heavy atom. The molecule has 0 aliphatic carbocycles. The lowest BCUT2D eigenvalue weighted by Gasteiger charge is -2.05. The molecule has 0 saturated heterocycles. The van der Waals surface area contributed by atoms with E-state index in [2.05, 4.69) is 13.8 Å². The van der Waals surface area contributed by atoms with Crippen molar-refractivity contribution in [2.45, 2.75) is 206 Å². The number of unbranched alkanes of at least 4 members (excludes halogenated alkanes) is 24. The Hall–Kier alpha value is -1.14. The fourth-order valence-electron chi connectivity index (χ4n) is 4.96. The molecule has 0 heterocycles. The van der Waals surface area contributed by atoms with Crippen LogP contribution in [-0.4, -0.2) is 44.6 Å². The van der Waals surface area contributed by atoms with Gasteiger partial charge in [0.2, 0.25) is 0 Å². The third-order valence-electron chi connectivity index (χ3n) is 7.73. The van der Waals surface area contributed by atoms with Crippen LogP contribution in [0.5, 0.6) is 0 Å². The Kier molecular flexibility index (Phi) is 34.9. The molecule has 0 aliphatic rings. The third kappa shape index (κ3) is 34.9. The quantitative estimate of drug-likeness (QED) is 0.0637. The van der Waals surface area contributed by atoms with Gasteiger partial charge in [-0.1, -0.05) is 181 Å². The van der Waals surface area contributed by atoms with E-state index in [-0.39, 0.29) is 0 Å².